The Morgan fingerprint density at radius 1 is 1.19 bits per heavy atom. The van der Waals surface area contributed by atoms with Gasteiger partial charge in [-0.15, -0.1) is 0 Å². The van der Waals surface area contributed by atoms with Crippen LogP contribution >= 0.6 is 0 Å². The maximum atomic E-state index is 2.48. The van der Waals surface area contributed by atoms with Crippen molar-refractivity contribution in [2.24, 2.45) is 0 Å². The molecule has 2 heteroatoms. The first kappa shape index (κ1) is 11.6. The molecule has 0 aromatic rings. The van der Waals surface area contributed by atoms with Gasteiger partial charge in [-0.25, -0.2) is 0 Å². The van der Waals surface area contributed by atoms with Crippen molar-refractivity contribution < 1.29 is 0 Å². The molecule has 1 atom stereocenters. The van der Waals surface area contributed by atoms with E-state index in [2.05, 4.69) is 54.3 Å². The summed E-state index contributed by atoms with van der Waals surface area (Å²) in [6.07, 6.45) is 13.6. The lowest BCUT2D eigenvalue weighted by Gasteiger charge is -2.28. The van der Waals surface area contributed by atoms with Crippen LogP contribution in [0.1, 0.15) is 12.8 Å². The summed E-state index contributed by atoms with van der Waals surface area (Å²) in [5.74, 6) is 0. The van der Waals surface area contributed by atoms with Crippen LogP contribution in [-0.2, 0) is 0 Å². The highest BCUT2D eigenvalue weighted by Gasteiger charge is 2.22. The first-order valence-corrected chi connectivity index (χ1v) is 6.19. The van der Waals surface area contributed by atoms with Crippen molar-refractivity contribution in [2.75, 3.05) is 33.7 Å². The number of allylic oxidation sites excluding steroid dienone is 4. The molecule has 88 valence electrons. The molecule has 0 amide bonds. The van der Waals surface area contributed by atoms with Crippen molar-refractivity contribution in [3.05, 3.63) is 36.0 Å². The number of hydrogen-bond donors (Lipinski definition) is 0. The molecule has 2 aliphatic rings. The lowest BCUT2D eigenvalue weighted by Crippen LogP contribution is -2.38. The van der Waals surface area contributed by atoms with Crippen LogP contribution in [0.4, 0.5) is 0 Å². The molecule has 1 saturated heterocycles. The monoisotopic (exact) mass is 218 g/mol. The Morgan fingerprint density at radius 3 is 2.94 bits per heavy atom. The van der Waals surface area contributed by atoms with Gasteiger partial charge in [-0.3, -0.25) is 4.90 Å². The summed E-state index contributed by atoms with van der Waals surface area (Å²) in [5.41, 5.74) is 1.45. The highest BCUT2D eigenvalue weighted by Crippen LogP contribution is 2.17. The lowest BCUT2D eigenvalue weighted by molar-refractivity contribution is 0.258. The molecule has 2 rings (SSSR count). The van der Waals surface area contributed by atoms with Gasteiger partial charge in [-0.1, -0.05) is 30.4 Å². The molecule has 1 fully saturated rings. The van der Waals surface area contributed by atoms with Gasteiger partial charge in [0.1, 0.15) is 0 Å². The standard InChI is InChI=1S/C14H22N2/c1-15-10-7-11-16(2)14(12-15)13-8-5-3-4-6-9-13/h3,5-6,8-9,14H,4,7,10-12H2,1-2H3. The summed E-state index contributed by atoms with van der Waals surface area (Å²) in [4.78, 5) is 4.93. The van der Waals surface area contributed by atoms with Gasteiger partial charge >= 0.3 is 0 Å². The number of nitrogens with zero attached hydrogens (tertiary/aromatic N) is 2. The maximum Gasteiger partial charge on any atom is 0.0471 e. The second-order valence-electron chi connectivity index (χ2n) is 4.85. The Labute approximate surface area is 98.9 Å². The molecule has 0 aromatic heterocycles. The zero-order valence-corrected chi connectivity index (χ0v) is 10.4. The molecule has 1 unspecified atom stereocenters. The van der Waals surface area contributed by atoms with Crippen molar-refractivity contribution in [3.8, 4) is 0 Å². The van der Waals surface area contributed by atoms with Crippen LogP contribution in [0.15, 0.2) is 36.0 Å². The van der Waals surface area contributed by atoms with Crippen LogP contribution in [0.25, 0.3) is 0 Å². The Kier molecular flexibility index (Phi) is 3.97. The largest absolute Gasteiger partial charge is 0.304 e. The first-order chi connectivity index (χ1) is 7.77. The summed E-state index contributed by atoms with van der Waals surface area (Å²) in [6, 6.07) is 0.548. The topological polar surface area (TPSA) is 6.48 Å². The van der Waals surface area contributed by atoms with E-state index in [4.69, 9.17) is 0 Å². The highest BCUT2D eigenvalue weighted by atomic mass is 15.2. The van der Waals surface area contributed by atoms with Crippen LogP contribution < -0.4 is 0 Å². The third-order valence-electron chi connectivity index (χ3n) is 3.46. The molecular formula is C14H22N2. The average Bonchev–Trinajstić information content (AvgIpc) is 2.60. The summed E-state index contributed by atoms with van der Waals surface area (Å²) in [5, 5.41) is 0. The van der Waals surface area contributed by atoms with Crippen LogP contribution in [0.3, 0.4) is 0 Å². The summed E-state index contributed by atoms with van der Waals surface area (Å²) in [6.45, 7) is 3.55. The smallest absolute Gasteiger partial charge is 0.0471 e. The molecule has 0 spiro atoms. The van der Waals surface area contributed by atoms with Crippen LogP contribution in [-0.4, -0.2) is 49.6 Å². The fraction of sp³-hybridized carbons (Fsp3) is 0.571. The van der Waals surface area contributed by atoms with E-state index in [1.54, 1.807) is 0 Å². The van der Waals surface area contributed by atoms with Gasteiger partial charge in [0.15, 0.2) is 0 Å². The minimum Gasteiger partial charge on any atom is -0.304 e. The van der Waals surface area contributed by atoms with Crippen molar-refractivity contribution in [2.45, 2.75) is 18.9 Å². The van der Waals surface area contributed by atoms with Crippen LogP contribution in [0, 0.1) is 0 Å². The molecule has 0 N–H and O–H groups in total. The zero-order valence-electron chi connectivity index (χ0n) is 10.4. The third-order valence-corrected chi connectivity index (χ3v) is 3.46. The van der Waals surface area contributed by atoms with E-state index in [1.165, 1.54) is 25.1 Å². The van der Waals surface area contributed by atoms with E-state index in [0.29, 0.717) is 6.04 Å². The summed E-state index contributed by atoms with van der Waals surface area (Å²) < 4.78 is 0. The average molecular weight is 218 g/mol. The zero-order chi connectivity index (χ0) is 11.4. The second kappa shape index (κ2) is 5.46. The summed E-state index contributed by atoms with van der Waals surface area (Å²) >= 11 is 0. The Bertz CT molecular complexity index is 315. The SMILES string of the molecule is CN1CCCN(C)C(C2=CC=CCC=C2)C1. The van der Waals surface area contributed by atoms with Gasteiger partial charge in [0.25, 0.3) is 0 Å². The van der Waals surface area contributed by atoms with E-state index in [-0.39, 0.29) is 0 Å². The quantitative estimate of drug-likeness (QED) is 0.665. The van der Waals surface area contributed by atoms with Crippen molar-refractivity contribution >= 4 is 0 Å². The Hall–Kier alpha value is -0.860. The van der Waals surface area contributed by atoms with Gasteiger partial charge in [0.05, 0.1) is 0 Å². The van der Waals surface area contributed by atoms with Crippen molar-refractivity contribution in [1.29, 1.82) is 0 Å². The minimum absolute atomic E-state index is 0.548. The van der Waals surface area contributed by atoms with Gasteiger partial charge in [0, 0.05) is 12.6 Å². The predicted molar refractivity (Wildman–Crippen MR) is 69.5 cm³/mol. The van der Waals surface area contributed by atoms with E-state index >= 15 is 0 Å². The van der Waals surface area contributed by atoms with E-state index in [1.807, 2.05) is 0 Å². The normalized spacial score (nSPS) is 28.6. The fourth-order valence-corrected chi connectivity index (χ4v) is 2.45. The molecule has 16 heavy (non-hydrogen) atoms. The molecule has 0 aromatic carbocycles. The molecular weight excluding hydrogens is 196 g/mol. The van der Waals surface area contributed by atoms with E-state index in [9.17, 15) is 0 Å². The van der Waals surface area contributed by atoms with Gasteiger partial charge in [0.2, 0.25) is 0 Å². The van der Waals surface area contributed by atoms with Gasteiger partial charge in [-0.05, 0) is 45.6 Å². The Morgan fingerprint density at radius 2 is 2.06 bits per heavy atom. The molecule has 1 aliphatic heterocycles. The molecule has 0 saturated carbocycles. The summed E-state index contributed by atoms with van der Waals surface area (Å²) in [7, 11) is 4.47. The predicted octanol–water partition coefficient (Wildman–Crippen LogP) is 2.06. The Balaban J connectivity index is 2.16. The third kappa shape index (κ3) is 2.83. The van der Waals surface area contributed by atoms with Crippen molar-refractivity contribution in [1.82, 2.24) is 9.80 Å². The van der Waals surface area contributed by atoms with E-state index < -0.39 is 0 Å². The fourth-order valence-electron chi connectivity index (χ4n) is 2.45. The molecule has 1 aliphatic carbocycles. The first-order valence-electron chi connectivity index (χ1n) is 6.19. The molecule has 0 radical (unpaired) electrons. The van der Waals surface area contributed by atoms with Crippen LogP contribution in [0.2, 0.25) is 0 Å². The minimum atomic E-state index is 0.548. The highest BCUT2D eigenvalue weighted by molar-refractivity contribution is 5.32. The van der Waals surface area contributed by atoms with Crippen molar-refractivity contribution in [3.63, 3.8) is 0 Å². The molecule has 1 heterocycles. The maximum absolute atomic E-state index is 2.48. The number of likely N-dealkylation sites (N-methyl/N-ethyl adjacent to an activating group) is 2. The number of rotatable bonds is 1. The lowest BCUT2D eigenvalue weighted by atomic mass is 10.0. The number of hydrogen-bond acceptors (Lipinski definition) is 2. The molecule has 0 bridgehead atoms. The van der Waals surface area contributed by atoms with Crippen LogP contribution in [0.5, 0.6) is 0 Å². The van der Waals surface area contributed by atoms with Gasteiger partial charge < -0.3 is 4.90 Å². The van der Waals surface area contributed by atoms with Gasteiger partial charge in [-0.2, -0.15) is 0 Å². The van der Waals surface area contributed by atoms with E-state index in [0.717, 1.165) is 13.0 Å². The second-order valence-corrected chi connectivity index (χ2v) is 4.85. The molecule has 2 nitrogen and oxygen atoms in total.